The molecule has 0 atom stereocenters. The maximum absolute atomic E-state index is 11.7. The first-order chi connectivity index (χ1) is 11.0. The van der Waals surface area contributed by atoms with E-state index in [0.717, 1.165) is 12.0 Å². The molecule has 5 heteroatoms. The van der Waals surface area contributed by atoms with E-state index in [9.17, 15) is 9.59 Å². The monoisotopic (exact) mass is 312 g/mol. The van der Waals surface area contributed by atoms with E-state index in [0.29, 0.717) is 13.1 Å². The Morgan fingerprint density at radius 1 is 1.00 bits per heavy atom. The molecule has 2 amide bonds. The van der Waals surface area contributed by atoms with Gasteiger partial charge in [0.25, 0.3) is 0 Å². The number of urea groups is 1. The zero-order valence-corrected chi connectivity index (χ0v) is 13.0. The first-order valence-corrected chi connectivity index (χ1v) is 7.44. The van der Waals surface area contributed by atoms with E-state index < -0.39 is 5.97 Å². The lowest BCUT2D eigenvalue weighted by Crippen LogP contribution is -2.36. The summed E-state index contributed by atoms with van der Waals surface area (Å²) in [5.41, 5.74) is 3.48. The number of carboxylic acid groups (broad SMARTS) is 1. The van der Waals surface area contributed by atoms with Crippen LogP contribution in [0, 0.1) is 6.92 Å². The summed E-state index contributed by atoms with van der Waals surface area (Å²) in [4.78, 5) is 22.5. The molecule has 0 bridgehead atoms. The summed E-state index contributed by atoms with van der Waals surface area (Å²) in [7, 11) is 0. The lowest BCUT2D eigenvalue weighted by atomic mass is 10.1. The summed E-state index contributed by atoms with van der Waals surface area (Å²) < 4.78 is 0. The summed E-state index contributed by atoms with van der Waals surface area (Å²) in [6, 6.07) is 14.4. The molecule has 0 spiro atoms. The predicted molar refractivity (Wildman–Crippen MR) is 88.5 cm³/mol. The normalized spacial score (nSPS) is 10.1. The second kappa shape index (κ2) is 7.98. The summed E-state index contributed by atoms with van der Waals surface area (Å²) in [6.45, 7) is 2.96. The van der Waals surface area contributed by atoms with Gasteiger partial charge in [-0.25, -0.2) is 9.59 Å². The van der Waals surface area contributed by atoms with Gasteiger partial charge in [-0.2, -0.15) is 0 Å². The van der Waals surface area contributed by atoms with E-state index in [1.165, 1.54) is 23.3 Å². The third-order valence-electron chi connectivity index (χ3n) is 3.44. The van der Waals surface area contributed by atoms with Crippen molar-refractivity contribution in [1.29, 1.82) is 0 Å². The summed E-state index contributed by atoms with van der Waals surface area (Å²) in [5, 5.41) is 14.4. The fourth-order valence-electron chi connectivity index (χ4n) is 2.20. The van der Waals surface area contributed by atoms with Crippen LogP contribution < -0.4 is 10.6 Å². The predicted octanol–water partition coefficient (Wildman–Crippen LogP) is 2.74. The standard InChI is InChI=1S/C18H20N2O3/c1-13-3-2-4-14(11-13)9-10-19-18(23)20-12-15-5-7-16(8-6-15)17(21)22/h2-8,11H,9-10,12H2,1H3,(H,21,22)(H2,19,20,23). The van der Waals surface area contributed by atoms with Crippen molar-refractivity contribution in [3.8, 4) is 0 Å². The van der Waals surface area contributed by atoms with Crippen LogP contribution in [0.3, 0.4) is 0 Å². The molecule has 120 valence electrons. The van der Waals surface area contributed by atoms with Gasteiger partial charge in [-0.15, -0.1) is 0 Å². The second-order valence-corrected chi connectivity index (χ2v) is 5.35. The van der Waals surface area contributed by atoms with E-state index in [1.54, 1.807) is 12.1 Å². The number of carbonyl (C=O) groups is 2. The first kappa shape index (κ1) is 16.5. The highest BCUT2D eigenvalue weighted by atomic mass is 16.4. The fourth-order valence-corrected chi connectivity index (χ4v) is 2.20. The number of benzene rings is 2. The van der Waals surface area contributed by atoms with E-state index in [2.05, 4.69) is 16.7 Å². The molecule has 0 unspecified atom stereocenters. The summed E-state index contributed by atoms with van der Waals surface area (Å²) in [5.74, 6) is -0.960. The summed E-state index contributed by atoms with van der Waals surface area (Å²) >= 11 is 0. The quantitative estimate of drug-likeness (QED) is 0.767. The Kier molecular flexibility index (Phi) is 5.74. The van der Waals surface area contributed by atoms with Crippen LogP contribution in [0.25, 0.3) is 0 Å². The molecule has 0 saturated heterocycles. The van der Waals surface area contributed by atoms with E-state index in [-0.39, 0.29) is 11.6 Å². The van der Waals surface area contributed by atoms with Gasteiger partial charge in [0, 0.05) is 13.1 Å². The minimum absolute atomic E-state index is 0.233. The minimum atomic E-state index is -0.960. The average molecular weight is 312 g/mol. The molecular formula is C18H20N2O3. The number of nitrogens with one attached hydrogen (secondary N) is 2. The molecule has 2 aromatic carbocycles. The number of carbonyl (C=O) groups excluding carboxylic acids is 1. The van der Waals surface area contributed by atoms with Gasteiger partial charge in [0.2, 0.25) is 0 Å². The minimum Gasteiger partial charge on any atom is -0.478 e. The topological polar surface area (TPSA) is 78.4 Å². The van der Waals surface area contributed by atoms with E-state index in [1.807, 2.05) is 25.1 Å². The molecule has 0 aromatic heterocycles. The number of amides is 2. The highest BCUT2D eigenvalue weighted by Gasteiger charge is 2.03. The van der Waals surface area contributed by atoms with Gasteiger partial charge in [0.05, 0.1) is 5.56 Å². The van der Waals surface area contributed by atoms with Crippen LogP contribution in [0.15, 0.2) is 48.5 Å². The average Bonchev–Trinajstić information content (AvgIpc) is 2.53. The van der Waals surface area contributed by atoms with Crippen molar-refractivity contribution in [1.82, 2.24) is 10.6 Å². The molecule has 23 heavy (non-hydrogen) atoms. The molecule has 0 fully saturated rings. The molecule has 0 aliphatic rings. The molecule has 0 heterocycles. The third-order valence-corrected chi connectivity index (χ3v) is 3.44. The Morgan fingerprint density at radius 2 is 1.74 bits per heavy atom. The molecular weight excluding hydrogens is 292 g/mol. The second-order valence-electron chi connectivity index (χ2n) is 5.35. The molecule has 0 aliphatic carbocycles. The van der Waals surface area contributed by atoms with Gasteiger partial charge in [-0.1, -0.05) is 42.0 Å². The van der Waals surface area contributed by atoms with Gasteiger partial charge in [-0.05, 0) is 36.6 Å². The number of rotatable bonds is 6. The Labute approximate surface area is 135 Å². The zero-order valence-electron chi connectivity index (χ0n) is 13.0. The van der Waals surface area contributed by atoms with Crippen molar-refractivity contribution in [3.05, 3.63) is 70.8 Å². The molecule has 5 nitrogen and oxygen atoms in total. The number of hydrogen-bond donors (Lipinski definition) is 3. The van der Waals surface area contributed by atoms with Gasteiger partial charge < -0.3 is 15.7 Å². The van der Waals surface area contributed by atoms with Crippen LogP contribution in [0.2, 0.25) is 0 Å². The Bertz CT molecular complexity index is 681. The van der Waals surface area contributed by atoms with Crippen LogP contribution in [0.1, 0.15) is 27.0 Å². The fraction of sp³-hybridized carbons (Fsp3) is 0.222. The smallest absolute Gasteiger partial charge is 0.335 e. The van der Waals surface area contributed by atoms with Gasteiger partial charge in [-0.3, -0.25) is 0 Å². The molecule has 2 rings (SSSR count). The van der Waals surface area contributed by atoms with Crippen LogP contribution in [-0.4, -0.2) is 23.7 Å². The number of aryl methyl sites for hydroxylation is 1. The third kappa shape index (κ3) is 5.47. The largest absolute Gasteiger partial charge is 0.478 e. The maximum Gasteiger partial charge on any atom is 0.335 e. The van der Waals surface area contributed by atoms with Crippen molar-refractivity contribution < 1.29 is 14.7 Å². The van der Waals surface area contributed by atoms with E-state index in [4.69, 9.17) is 5.11 Å². The van der Waals surface area contributed by atoms with Crippen LogP contribution in [0.5, 0.6) is 0 Å². The number of carboxylic acids is 1. The highest BCUT2D eigenvalue weighted by Crippen LogP contribution is 2.05. The van der Waals surface area contributed by atoms with Crippen molar-refractivity contribution in [2.75, 3.05) is 6.54 Å². The SMILES string of the molecule is Cc1cccc(CCNC(=O)NCc2ccc(C(=O)O)cc2)c1. The molecule has 3 N–H and O–H groups in total. The number of aromatic carboxylic acids is 1. The molecule has 0 aliphatic heterocycles. The molecule has 2 aromatic rings. The first-order valence-electron chi connectivity index (χ1n) is 7.44. The Balaban J connectivity index is 1.71. The highest BCUT2D eigenvalue weighted by molar-refractivity contribution is 5.87. The number of hydrogen-bond acceptors (Lipinski definition) is 2. The van der Waals surface area contributed by atoms with Crippen molar-refractivity contribution in [3.63, 3.8) is 0 Å². The van der Waals surface area contributed by atoms with Gasteiger partial charge >= 0.3 is 12.0 Å². The maximum atomic E-state index is 11.7. The Morgan fingerprint density at radius 3 is 2.39 bits per heavy atom. The van der Waals surface area contributed by atoms with Crippen LogP contribution in [0.4, 0.5) is 4.79 Å². The lowest BCUT2D eigenvalue weighted by molar-refractivity contribution is 0.0697. The van der Waals surface area contributed by atoms with Crippen molar-refractivity contribution >= 4 is 12.0 Å². The van der Waals surface area contributed by atoms with E-state index >= 15 is 0 Å². The summed E-state index contributed by atoms with van der Waals surface area (Å²) in [6.07, 6.45) is 0.780. The zero-order chi connectivity index (χ0) is 16.7. The molecule has 0 radical (unpaired) electrons. The van der Waals surface area contributed by atoms with Crippen LogP contribution >= 0.6 is 0 Å². The van der Waals surface area contributed by atoms with Gasteiger partial charge in [0.15, 0.2) is 0 Å². The van der Waals surface area contributed by atoms with Crippen molar-refractivity contribution in [2.24, 2.45) is 0 Å². The van der Waals surface area contributed by atoms with Gasteiger partial charge in [0.1, 0.15) is 0 Å². The van der Waals surface area contributed by atoms with Crippen LogP contribution in [-0.2, 0) is 13.0 Å². The lowest BCUT2D eigenvalue weighted by Gasteiger charge is -2.08. The van der Waals surface area contributed by atoms with Crippen molar-refractivity contribution in [2.45, 2.75) is 19.9 Å². The molecule has 0 saturated carbocycles. The Hall–Kier alpha value is -2.82.